The van der Waals surface area contributed by atoms with E-state index in [1.165, 1.54) is 0 Å². The molecule has 90 valence electrons. The summed E-state index contributed by atoms with van der Waals surface area (Å²) in [5.74, 6) is 0.654. The van der Waals surface area contributed by atoms with Crippen molar-refractivity contribution in [2.45, 2.75) is 6.10 Å². The van der Waals surface area contributed by atoms with Gasteiger partial charge in [0.2, 0.25) is 0 Å². The number of pyridine rings is 1. The van der Waals surface area contributed by atoms with Crippen LogP contribution in [-0.4, -0.2) is 38.5 Å². The number of methoxy groups -OCH3 is 2. The van der Waals surface area contributed by atoms with Gasteiger partial charge < -0.3 is 20.5 Å². The molecular formula is C10H16BrN3O2. The van der Waals surface area contributed by atoms with Crippen molar-refractivity contribution in [3.8, 4) is 0 Å². The van der Waals surface area contributed by atoms with Crippen LogP contribution in [0.2, 0.25) is 0 Å². The third-order valence-electron chi connectivity index (χ3n) is 2.07. The summed E-state index contributed by atoms with van der Waals surface area (Å²) in [5, 5.41) is 3.11. The van der Waals surface area contributed by atoms with Crippen molar-refractivity contribution in [3.05, 3.63) is 16.7 Å². The molecule has 5 nitrogen and oxygen atoms in total. The van der Waals surface area contributed by atoms with Crippen molar-refractivity contribution in [1.29, 1.82) is 0 Å². The van der Waals surface area contributed by atoms with E-state index >= 15 is 0 Å². The second-order valence-electron chi connectivity index (χ2n) is 3.29. The number of nitrogens with two attached hydrogens (primary N) is 1. The van der Waals surface area contributed by atoms with Gasteiger partial charge in [-0.2, -0.15) is 0 Å². The van der Waals surface area contributed by atoms with E-state index < -0.39 is 0 Å². The predicted octanol–water partition coefficient (Wildman–Crippen LogP) is 1.50. The Morgan fingerprint density at radius 3 is 2.88 bits per heavy atom. The molecule has 6 heteroatoms. The highest BCUT2D eigenvalue weighted by atomic mass is 79.9. The third kappa shape index (κ3) is 3.96. The lowest BCUT2D eigenvalue weighted by Gasteiger charge is -2.16. The number of aromatic nitrogens is 1. The summed E-state index contributed by atoms with van der Waals surface area (Å²) >= 11 is 3.30. The highest BCUT2D eigenvalue weighted by Gasteiger charge is 2.08. The van der Waals surface area contributed by atoms with Gasteiger partial charge in [0.1, 0.15) is 5.82 Å². The number of hydrogen-bond acceptors (Lipinski definition) is 5. The quantitative estimate of drug-likeness (QED) is 0.831. The number of rotatable bonds is 6. The molecule has 16 heavy (non-hydrogen) atoms. The Morgan fingerprint density at radius 1 is 1.56 bits per heavy atom. The van der Waals surface area contributed by atoms with Crippen molar-refractivity contribution in [2.75, 3.05) is 38.4 Å². The molecule has 0 aliphatic rings. The lowest BCUT2D eigenvalue weighted by atomic mass is 10.3. The van der Waals surface area contributed by atoms with Crippen molar-refractivity contribution in [2.24, 2.45) is 0 Å². The minimum atomic E-state index is -0.0187. The molecule has 0 spiro atoms. The zero-order chi connectivity index (χ0) is 12.0. The van der Waals surface area contributed by atoms with Crippen molar-refractivity contribution < 1.29 is 9.47 Å². The first-order valence-corrected chi connectivity index (χ1v) is 5.63. The van der Waals surface area contributed by atoms with Crippen molar-refractivity contribution in [3.63, 3.8) is 0 Å². The topological polar surface area (TPSA) is 69.4 Å². The Bertz CT molecular complexity index is 336. The van der Waals surface area contributed by atoms with E-state index in [4.69, 9.17) is 15.2 Å². The average Bonchev–Trinajstić information content (AvgIpc) is 2.26. The van der Waals surface area contributed by atoms with Crippen LogP contribution in [0.5, 0.6) is 0 Å². The smallest absolute Gasteiger partial charge is 0.149 e. The zero-order valence-electron chi connectivity index (χ0n) is 9.37. The van der Waals surface area contributed by atoms with Crippen LogP contribution in [0.1, 0.15) is 0 Å². The fraction of sp³-hybridized carbons (Fsp3) is 0.500. The molecule has 1 aromatic rings. The molecule has 0 saturated heterocycles. The first-order chi connectivity index (χ1) is 7.67. The Labute approximate surface area is 103 Å². The van der Waals surface area contributed by atoms with Crippen molar-refractivity contribution in [1.82, 2.24) is 4.98 Å². The molecule has 1 unspecified atom stereocenters. The van der Waals surface area contributed by atoms with E-state index in [9.17, 15) is 0 Å². The summed E-state index contributed by atoms with van der Waals surface area (Å²) in [5.41, 5.74) is 6.39. The fourth-order valence-electron chi connectivity index (χ4n) is 1.21. The number of hydrogen-bond donors (Lipinski definition) is 2. The molecular weight excluding hydrogens is 274 g/mol. The lowest BCUT2D eigenvalue weighted by Crippen LogP contribution is -2.27. The van der Waals surface area contributed by atoms with Gasteiger partial charge in [-0.25, -0.2) is 4.98 Å². The van der Waals surface area contributed by atoms with E-state index in [1.54, 1.807) is 26.5 Å². The van der Waals surface area contributed by atoms with E-state index in [-0.39, 0.29) is 6.10 Å². The maximum atomic E-state index is 5.80. The van der Waals surface area contributed by atoms with Crippen LogP contribution in [0.15, 0.2) is 16.7 Å². The van der Waals surface area contributed by atoms with Gasteiger partial charge in [-0.1, -0.05) is 0 Å². The standard InChI is InChI=1S/C10H16BrN3O2/c1-15-6-8(16-2)5-14-10-9(12)3-7(11)4-13-10/h3-4,8H,5-6,12H2,1-2H3,(H,13,14). The van der Waals surface area contributed by atoms with Crippen LogP contribution in [0.4, 0.5) is 11.5 Å². The van der Waals surface area contributed by atoms with Crippen LogP contribution in [0.25, 0.3) is 0 Å². The van der Waals surface area contributed by atoms with E-state index in [0.29, 0.717) is 24.7 Å². The Hall–Kier alpha value is -0.850. The maximum absolute atomic E-state index is 5.80. The van der Waals surface area contributed by atoms with Gasteiger partial charge in [-0.15, -0.1) is 0 Å². The lowest BCUT2D eigenvalue weighted by molar-refractivity contribution is 0.0365. The molecule has 0 aliphatic carbocycles. The highest BCUT2D eigenvalue weighted by molar-refractivity contribution is 9.10. The molecule has 0 bridgehead atoms. The number of nitrogen functional groups attached to an aromatic ring is 1. The fourth-order valence-corrected chi connectivity index (χ4v) is 1.56. The summed E-state index contributed by atoms with van der Waals surface area (Å²) in [6, 6.07) is 1.80. The molecule has 0 radical (unpaired) electrons. The Balaban J connectivity index is 2.53. The zero-order valence-corrected chi connectivity index (χ0v) is 11.0. The van der Waals surface area contributed by atoms with Crippen LogP contribution in [0.3, 0.4) is 0 Å². The van der Waals surface area contributed by atoms with E-state index in [1.807, 2.05) is 0 Å². The van der Waals surface area contributed by atoms with Crippen LogP contribution in [0, 0.1) is 0 Å². The molecule has 0 aliphatic heterocycles. The molecule has 1 aromatic heterocycles. The van der Waals surface area contributed by atoms with Gasteiger partial charge in [-0.3, -0.25) is 0 Å². The van der Waals surface area contributed by atoms with Crippen LogP contribution < -0.4 is 11.1 Å². The first kappa shape index (κ1) is 13.2. The number of ether oxygens (including phenoxy) is 2. The predicted molar refractivity (Wildman–Crippen MR) is 67.5 cm³/mol. The van der Waals surface area contributed by atoms with Crippen LogP contribution in [-0.2, 0) is 9.47 Å². The number of nitrogens with one attached hydrogen (secondary N) is 1. The summed E-state index contributed by atoms with van der Waals surface area (Å²) < 4.78 is 11.1. The Kier molecular flexibility index (Phi) is 5.51. The minimum absolute atomic E-state index is 0.0187. The van der Waals surface area contributed by atoms with Gasteiger partial charge in [0, 0.05) is 31.4 Å². The molecule has 0 amide bonds. The van der Waals surface area contributed by atoms with Crippen molar-refractivity contribution >= 4 is 27.4 Å². The van der Waals surface area contributed by atoms with Gasteiger partial charge in [0.25, 0.3) is 0 Å². The number of halogens is 1. The highest BCUT2D eigenvalue weighted by Crippen LogP contribution is 2.19. The molecule has 0 aromatic carbocycles. The van der Waals surface area contributed by atoms with Crippen LogP contribution >= 0.6 is 15.9 Å². The molecule has 1 heterocycles. The molecule has 1 atom stereocenters. The second kappa shape index (κ2) is 6.67. The maximum Gasteiger partial charge on any atom is 0.149 e. The summed E-state index contributed by atoms with van der Waals surface area (Å²) in [4.78, 5) is 4.16. The summed E-state index contributed by atoms with van der Waals surface area (Å²) in [6.07, 6.45) is 1.67. The summed E-state index contributed by atoms with van der Waals surface area (Å²) in [7, 11) is 3.28. The average molecular weight is 290 g/mol. The number of nitrogens with zero attached hydrogens (tertiary/aromatic N) is 1. The molecule has 1 rings (SSSR count). The largest absolute Gasteiger partial charge is 0.396 e. The monoisotopic (exact) mass is 289 g/mol. The van der Waals surface area contributed by atoms with Gasteiger partial charge in [0.05, 0.1) is 18.4 Å². The minimum Gasteiger partial charge on any atom is -0.396 e. The normalized spacial score (nSPS) is 12.4. The third-order valence-corrected chi connectivity index (χ3v) is 2.50. The molecule has 0 fully saturated rings. The number of anilines is 2. The van der Waals surface area contributed by atoms with Gasteiger partial charge >= 0.3 is 0 Å². The molecule has 0 saturated carbocycles. The molecule has 3 N–H and O–H groups in total. The van der Waals surface area contributed by atoms with E-state index in [2.05, 4.69) is 26.2 Å². The van der Waals surface area contributed by atoms with E-state index in [0.717, 1.165) is 4.47 Å². The van der Waals surface area contributed by atoms with Gasteiger partial charge in [0.15, 0.2) is 0 Å². The summed E-state index contributed by atoms with van der Waals surface area (Å²) in [6.45, 7) is 1.13. The first-order valence-electron chi connectivity index (χ1n) is 4.84. The van der Waals surface area contributed by atoms with Gasteiger partial charge in [-0.05, 0) is 22.0 Å². The second-order valence-corrected chi connectivity index (χ2v) is 4.20. The SMILES string of the molecule is COCC(CNc1ncc(Br)cc1N)OC. The Morgan fingerprint density at radius 2 is 2.31 bits per heavy atom.